The molecule has 4 N–H and O–H groups in total. The molecular weight excluding hydrogens is 244 g/mol. The van der Waals surface area contributed by atoms with E-state index in [1.165, 1.54) is 33.4 Å². The summed E-state index contributed by atoms with van der Waals surface area (Å²) in [7, 11) is 0. The summed E-state index contributed by atoms with van der Waals surface area (Å²) in [6.45, 7) is 0. The van der Waals surface area contributed by atoms with E-state index in [1.54, 1.807) is 0 Å². The first-order chi connectivity index (χ1) is 9.72. The Morgan fingerprint density at radius 2 is 1.05 bits per heavy atom. The van der Waals surface area contributed by atoms with Crippen LogP contribution in [0.2, 0.25) is 0 Å². The van der Waals surface area contributed by atoms with Crippen LogP contribution in [0.25, 0.3) is 11.1 Å². The average Bonchev–Trinajstić information content (AvgIpc) is 3.01. The molecule has 2 nitrogen and oxygen atoms in total. The second kappa shape index (κ2) is 4.14. The number of nitrogens with two attached hydrogens (primary N) is 2. The summed E-state index contributed by atoms with van der Waals surface area (Å²) < 4.78 is 0. The van der Waals surface area contributed by atoms with Crippen molar-refractivity contribution in [3.63, 3.8) is 0 Å². The van der Waals surface area contributed by atoms with E-state index in [1.807, 2.05) is 12.1 Å². The zero-order valence-electron chi connectivity index (χ0n) is 11.4. The van der Waals surface area contributed by atoms with Crippen LogP contribution in [0.15, 0.2) is 36.4 Å². The Morgan fingerprint density at radius 1 is 0.600 bits per heavy atom. The fraction of sp³-hybridized carbons (Fsp3) is 0.222. The van der Waals surface area contributed by atoms with Gasteiger partial charge in [-0.25, -0.2) is 0 Å². The van der Waals surface area contributed by atoms with E-state index in [0.717, 1.165) is 37.1 Å². The third kappa shape index (κ3) is 1.64. The summed E-state index contributed by atoms with van der Waals surface area (Å²) in [5, 5.41) is 0. The molecule has 0 amide bonds. The lowest BCUT2D eigenvalue weighted by molar-refractivity contribution is 1.06. The van der Waals surface area contributed by atoms with Crippen molar-refractivity contribution >= 4 is 22.5 Å². The van der Waals surface area contributed by atoms with Gasteiger partial charge in [0, 0.05) is 11.4 Å². The molecule has 0 atom stereocenters. The molecule has 0 aliphatic heterocycles. The van der Waals surface area contributed by atoms with Crippen molar-refractivity contribution in [2.45, 2.75) is 25.7 Å². The van der Waals surface area contributed by atoms with Gasteiger partial charge in [-0.05, 0) is 83.3 Å². The van der Waals surface area contributed by atoms with Crippen molar-refractivity contribution < 1.29 is 0 Å². The minimum absolute atomic E-state index is 0.856. The molecule has 0 heterocycles. The third-order valence-corrected chi connectivity index (χ3v) is 4.57. The summed E-state index contributed by atoms with van der Waals surface area (Å²) in [6.07, 6.45) is 4.52. The molecule has 100 valence electrons. The predicted octanol–water partition coefficient (Wildman–Crippen LogP) is 3.65. The molecule has 2 aromatic carbocycles. The van der Waals surface area contributed by atoms with Crippen LogP contribution in [-0.2, 0) is 12.8 Å². The number of nitrogen functional groups attached to an aromatic ring is 2. The number of allylic oxidation sites excluding steroid dienone is 2. The van der Waals surface area contributed by atoms with Gasteiger partial charge in [0.2, 0.25) is 0 Å². The van der Waals surface area contributed by atoms with Crippen LogP contribution in [0.1, 0.15) is 35.1 Å². The zero-order valence-corrected chi connectivity index (χ0v) is 11.4. The monoisotopic (exact) mass is 262 g/mol. The maximum Gasteiger partial charge on any atom is 0.0320 e. The molecule has 20 heavy (non-hydrogen) atoms. The molecule has 0 spiro atoms. The summed E-state index contributed by atoms with van der Waals surface area (Å²) in [5.41, 5.74) is 22.2. The van der Waals surface area contributed by atoms with Gasteiger partial charge in [0.1, 0.15) is 0 Å². The number of hydrogen-bond donors (Lipinski definition) is 2. The Hall–Kier alpha value is -2.22. The van der Waals surface area contributed by atoms with Crippen molar-refractivity contribution in [2.75, 3.05) is 11.5 Å². The molecule has 4 rings (SSSR count). The largest absolute Gasteiger partial charge is 0.399 e. The van der Waals surface area contributed by atoms with Gasteiger partial charge in [0.25, 0.3) is 0 Å². The highest BCUT2D eigenvalue weighted by molar-refractivity contribution is 5.96. The van der Waals surface area contributed by atoms with Crippen LogP contribution in [0.3, 0.4) is 0 Å². The van der Waals surface area contributed by atoms with Gasteiger partial charge in [-0.3, -0.25) is 0 Å². The van der Waals surface area contributed by atoms with E-state index >= 15 is 0 Å². The van der Waals surface area contributed by atoms with Gasteiger partial charge in [-0.2, -0.15) is 0 Å². The van der Waals surface area contributed by atoms with Gasteiger partial charge in [0.15, 0.2) is 0 Å². The van der Waals surface area contributed by atoms with Crippen molar-refractivity contribution in [3.05, 3.63) is 58.7 Å². The van der Waals surface area contributed by atoms with Crippen molar-refractivity contribution in [1.82, 2.24) is 0 Å². The maximum atomic E-state index is 5.97. The quantitative estimate of drug-likeness (QED) is 0.712. The molecule has 0 bridgehead atoms. The average molecular weight is 262 g/mol. The molecule has 0 saturated carbocycles. The maximum absolute atomic E-state index is 5.97. The first-order valence-electron chi connectivity index (χ1n) is 7.22. The topological polar surface area (TPSA) is 52.0 Å². The number of benzene rings is 2. The van der Waals surface area contributed by atoms with Crippen LogP contribution in [0.5, 0.6) is 0 Å². The predicted molar refractivity (Wildman–Crippen MR) is 85.2 cm³/mol. The smallest absolute Gasteiger partial charge is 0.0320 e. The van der Waals surface area contributed by atoms with Crippen LogP contribution in [0.4, 0.5) is 11.4 Å². The van der Waals surface area contributed by atoms with E-state index in [9.17, 15) is 0 Å². The molecule has 2 aromatic rings. The summed E-state index contributed by atoms with van der Waals surface area (Å²) >= 11 is 0. The molecule has 0 saturated heterocycles. The van der Waals surface area contributed by atoms with Gasteiger partial charge in [-0.1, -0.05) is 12.1 Å². The fourth-order valence-corrected chi connectivity index (χ4v) is 3.60. The highest BCUT2D eigenvalue weighted by atomic mass is 14.5. The van der Waals surface area contributed by atoms with Crippen LogP contribution in [-0.4, -0.2) is 0 Å². The third-order valence-electron chi connectivity index (χ3n) is 4.57. The minimum Gasteiger partial charge on any atom is -0.399 e. The number of aryl methyl sites for hydroxylation is 2. The van der Waals surface area contributed by atoms with Crippen LogP contribution in [0, 0.1) is 0 Å². The fourth-order valence-electron chi connectivity index (χ4n) is 3.60. The second-order valence-corrected chi connectivity index (χ2v) is 5.79. The lowest BCUT2D eigenvalue weighted by Gasteiger charge is -2.09. The van der Waals surface area contributed by atoms with Crippen molar-refractivity contribution in [1.29, 1.82) is 0 Å². The van der Waals surface area contributed by atoms with Crippen molar-refractivity contribution in [3.8, 4) is 0 Å². The van der Waals surface area contributed by atoms with Gasteiger partial charge in [0.05, 0.1) is 0 Å². The summed E-state index contributed by atoms with van der Waals surface area (Å²) in [4.78, 5) is 0. The highest BCUT2D eigenvalue weighted by Crippen LogP contribution is 2.44. The van der Waals surface area contributed by atoms with Gasteiger partial charge in [-0.15, -0.1) is 0 Å². The first-order valence-corrected chi connectivity index (χ1v) is 7.22. The van der Waals surface area contributed by atoms with E-state index in [4.69, 9.17) is 11.5 Å². The first kappa shape index (κ1) is 11.6. The number of fused-ring (bicyclic) bond motifs is 2. The van der Waals surface area contributed by atoms with Crippen molar-refractivity contribution in [2.24, 2.45) is 0 Å². The Labute approximate surface area is 119 Å². The molecule has 2 aliphatic carbocycles. The normalized spacial score (nSPS) is 20.0. The molecule has 0 aromatic heterocycles. The number of hydrogen-bond acceptors (Lipinski definition) is 2. The molecule has 0 radical (unpaired) electrons. The lowest BCUT2D eigenvalue weighted by atomic mass is 9.96. The molecular formula is C18H18N2. The van der Waals surface area contributed by atoms with E-state index in [-0.39, 0.29) is 0 Å². The van der Waals surface area contributed by atoms with Crippen LogP contribution < -0.4 is 11.5 Å². The van der Waals surface area contributed by atoms with Gasteiger partial charge >= 0.3 is 0 Å². The highest BCUT2D eigenvalue weighted by Gasteiger charge is 2.25. The number of anilines is 2. The standard InChI is InChI=1S/C18H18N2/c19-13-5-1-11-3-7-15(17(11)9-13)16-8-4-12-2-6-14(20)10-18(12)16/h1-2,5-6,9-10H,3-4,7-8,19-20H2/b16-15-. The summed E-state index contributed by atoms with van der Waals surface area (Å²) in [6, 6.07) is 12.6. The molecule has 0 unspecified atom stereocenters. The lowest BCUT2D eigenvalue weighted by Crippen LogP contribution is -1.91. The molecule has 0 fully saturated rings. The van der Waals surface area contributed by atoms with E-state index in [2.05, 4.69) is 24.3 Å². The van der Waals surface area contributed by atoms with E-state index < -0.39 is 0 Å². The Balaban J connectivity index is 1.92. The van der Waals surface area contributed by atoms with Gasteiger partial charge < -0.3 is 11.5 Å². The van der Waals surface area contributed by atoms with E-state index in [0.29, 0.717) is 0 Å². The second-order valence-electron chi connectivity index (χ2n) is 5.79. The minimum atomic E-state index is 0.856. The zero-order chi connectivity index (χ0) is 13.7. The molecule has 2 aliphatic rings. The SMILES string of the molecule is Nc1ccc2c(c1)/C(=C1/CCc3ccc(N)cc31)CC2. The van der Waals surface area contributed by atoms with Crippen LogP contribution >= 0.6 is 0 Å². The molecule has 2 heteroatoms. The number of rotatable bonds is 0. The summed E-state index contributed by atoms with van der Waals surface area (Å²) in [5.74, 6) is 0. The Bertz CT molecular complexity index is 678. The Morgan fingerprint density at radius 3 is 1.50 bits per heavy atom. The Kier molecular flexibility index (Phi) is 2.40.